The van der Waals surface area contributed by atoms with E-state index in [0.29, 0.717) is 0 Å². The Hall–Kier alpha value is 0.620. The van der Waals surface area contributed by atoms with Crippen molar-refractivity contribution in [3.8, 4) is 0 Å². The van der Waals surface area contributed by atoms with Gasteiger partial charge in [-0.05, 0) is 39.5 Å². The SMILES string of the molecule is CC1CCCCN1SCCSN1CCCCC1C. The average Bonchev–Trinajstić information content (AvgIpc) is 2.38. The fourth-order valence-corrected chi connectivity index (χ4v) is 5.14. The fourth-order valence-electron chi connectivity index (χ4n) is 2.84. The molecular formula is C14H28N2S2. The number of piperidine rings is 2. The molecule has 2 heterocycles. The summed E-state index contributed by atoms with van der Waals surface area (Å²) in [6.45, 7) is 7.37. The summed E-state index contributed by atoms with van der Waals surface area (Å²) in [6, 6.07) is 1.59. The second kappa shape index (κ2) is 8.03. The van der Waals surface area contributed by atoms with Crippen LogP contribution in [-0.2, 0) is 0 Å². The maximum absolute atomic E-state index is 2.61. The third kappa shape index (κ3) is 4.62. The molecule has 0 aromatic rings. The molecule has 2 unspecified atom stereocenters. The predicted molar refractivity (Wildman–Crippen MR) is 85.0 cm³/mol. The molecule has 0 aromatic heterocycles. The van der Waals surface area contributed by atoms with Gasteiger partial charge in [0.25, 0.3) is 0 Å². The molecule has 0 aromatic carbocycles. The molecule has 18 heavy (non-hydrogen) atoms. The monoisotopic (exact) mass is 288 g/mol. The van der Waals surface area contributed by atoms with Crippen LogP contribution in [0, 0.1) is 0 Å². The van der Waals surface area contributed by atoms with Crippen LogP contribution in [0.25, 0.3) is 0 Å². The number of hydrogen-bond acceptors (Lipinski definition) is 4. The minimum atomic E-state index is 0.794. The zero-order valence-electron chi connectivity index (χ0n) is 11.9. The lowest BCUT2D eigenvalue weighted by molar-refractivity contribution is 0.291. The topological polar surface area (TPSA) is 6.48 Å². The van der Waals surface area contributed by atoms with Crippen molar-refractivity contribution in [3.63, 3.8) is 0 Å². The first-order valence-electron chi connectivity index (χ1n) is 7.56. The van der Waals surface area contributed by atoms with Crippen LogP contribution in [0.3, 0.4) is 0 Å². The van der Waals surface area contributed by atoms with E-state index in [4.69, 9.17) is 0 Å². The van der Waals surface area contributed by atoms with Crippen molar-refractivity contribution in [2.45, 2.75) is 64.5 Å². The maximum Gasteiger partial charge on any atom is 0.0185 e. The van der Waals surface area contributed by atoms with E-state index in [-0.39, 0.29) is 0 Å². The summed E-state index contributed by atoms with van der Waals surface area (Å²) in [5.41, 5.74) is 0. The first-order chi connectivity index (χ1) is 8.77. The number of hydrogen-bond donors (Lipinski definition) is 0. The van der Waals surface area contributed by atoms with Crippen LogP contribution in [0.2, 0.25) is 0 Å². The summed E-state index contributed by atoms with van der Waals surface area (Å²) in [4.78, 5) is 0. The Morgan fingerprint density at radius 3 is 1.61 bits per heavy atom. The Kier molecular flexibility index (Phi) is 6.70. The Balaban J connectivity index is 1.57. The van der Waals surface area contributed by atoms with Gasteiger partial charge in [-0.15, -0.1) is 0 Å². The number of nitrogens with zero attached hydrogens (tertiary/aromatic N) is 2. The summed E-state index contributed by atoms with van der Waals surface area (Å²) in [5, 5.41) is 0. The van der Waals surface area contributed by atoms with E-state index in [1.807, 2.05) is 0 Å². The molecule has 2 nitrogen and oxygen atoms in total. The van der Waals surface area contributed by atoms with E-state index in [0.717, 1.165) is 12.1 Å². The molecule has 0 spiro atoms. The van der Waals surface area contributed by atoms with E-state index in [1.165, 1.54) is 63.1 Å². The van der Waals surface area contributed by atoms with Crippen molar-refractivity contribution in [2.75, 3.05) is 24.6 Å². The lowest BCUT2D eigenvalue weighted by Gasteiger charge is -2.33. The Morgan fingerprint density at radius 2 is 1.22 bits per heavy atom. The van der Waals surface area contributed by atoms with Gasteiger partial charge in [-0.1, -0.05) is 36.7 Å². The molecule has 0 aliphatic carbocycles. The normalized spacial score (nSPS) is 31.7. The third-order valence-corrected chi connectivity index (χ3v) is 6.86. The molecule has 0 amide bonds. The van der Waals surface area contributed by atoms with Crippen molar-refractivity contribution >= 4 is 23.9 Å². The van der Waals surface area contributed by atoms with Crippen molar-refractivity contribution in [1.82, 2.24) is 8.61 Å². The second-order valence-corrected chi connectivity index (χ2v) is 7.91. The second-order valence-electron chi connectivity index (χ2n) is 5.64. The molecule has 2 saturated heterocycles. The van der Waals surface area contributed by atoms with Gasteiger partial charge in [-0.25, -0.2) is 8.61 Å². The summed E-state index contributed by atoms with van der Waals surface area (Å²) >= 11 is 4.16. The van der Waals surface area contributed by atoms with Gasteiger partial charge < -0.3 is 0 Å². The van der Waals surface area contributed by atoms with Crippen LogP contribution in [0.5, 0.6) is 0 Å². The van der Waals surface area contributed by atoms with Crippen LogP contribution in [-0.4, -0.2) is 45.3 Å². The van der Waals surface area contributed by atoms with Crippen molar-refractivity contribution in [1.29, 1.82) is 0 Å². The maximum atomic E-state index is 2.61. The molecule has 2 rings (SSSR count). The molecule has 2 fully saturated rings. The van der Waals surface area contributed by atoms with E-state index in [9.17, 15) is 0 Å². The highest BCUT2D eigenvalue weighted by atomic mass is 32.2. The minimum absolute atomic E-state index is 0.794. The van der Waals surface area contributed by atoms with Crippen LogP contribution >= 0.6 is 23.9 Å². The Bertz CT molecular complexity index is 214. The first-order valence-corrected chi connectivity index (χ1v) is 9.45. The van der Waals surface area contributed by atoms with Gasteiger partial charge in [0, 0.05) is 36.7 Å². The van der Waals surface area contributed by atoms with Crippen LogP contribution < -0.4 is 0 Å². The van der Waals surface area contributed by atoms with E-state index in [2.05, 4.69) is 46.4 Å². The zero-order chi connectivity index (χ0) is 12.8. The van der Waals surface area contributed by atoms with Gasteiger partial charge in [0.1, 0.15) is 0 Å². The van der Waals surface area contributed by atoms with Crippen LogP contribution in [0.4, 0.5) is 0 Å². The highest BCUT2D eigenvalue weighted by Gasteiger charge is 2.20. The predicted octanol–water partition coefficient (Wildman–Crippen LogP) is 4.03. The number of rotatable bonds is 5. The third-order valence-electron chi connectivity index (χ3n) is 4.08. The van der Waals surface area contributed by atoms with Crippen LogP contribution in [0.15, 0.2) is 0 Å². The largest absolute Gasteiger partial charge is 0.248 e. The van der Waals surface area contributed by atoms with E-state index in [1.54, 1.807) is 0 Å². The van der Waals surface area contributed by atoms with E-state index < -0.39 is 0 Å². The molecule has 4 heteroatoms. The fraction of sp³-hybridized carbons (Fsp3) is 1.00. The molecule has 0 bridgehead atoms. The molecule has 0 N–H and O–H groups in total. The summed E-state index contributed by atoms with van der Waals surface area (Å²) in [5.74, 6) is 2.55. The zero-order valence-corrected chi connectivity index (χ0v) is 13.6. The molecule has 0 radical (unpaired) electrons. The highest BCUT2D eigenvalue weighted by molar-refractivity contribution is 8.00. The lowest BCUT2D eigenvalue weighted by atomic mass is 10.1. The Morgan fingerprint density at radius 1 is 0.778 bits per heavy atom. The van der Waals surface area contributed by atoms with Crippen LogP contribution in [0.1, 0.15) is 52.4 Å². The van der Waals surface area contributed by atoms with Gasteiger partial charge in [-0.2, -0.15) is 0 Å². The molecule has 2 aliphatic heterocycles. The van der Waals surface area contributed by atoms with Crippen molar-refractivity contribution in [2.24, 2.45) is 0 Å². The van der Waals surface area contributed by atoms with Gasteiger partial charge in [-0.3, -0.25) is 0 Å². The van der Waals surface area contributed by atoms with Gasteiger partial charge >= 0.3 is 0 Å². The Labute approximate surface area is 122 Å². The smallest absolute Gasteiger partial charge is 0.0185 e. The van der Waals surface area contributed by atoms with Gasteiger partial charge in [0.2, 0.25) is 0 Å². The van der Waals surface area contributed by atoms with Gasteiger partial charge in [0.15, 0.2) is 0 Å². The summed E-state index contributed by atoms with van der Waals surface area (Å²) in [6.07, 6.45) is 8.43. The quantitative estimate of drug-likeness (QED) is 0.556. The molecule has 2 aliphatic rings. The lowest BCUT2D eigenvalue weighted by Crippen LogP contribution is -2.33. The van der Waals surface area contributed by atoms with Crippen molar-refractivity contribution in [3.05, 3.63) is 0 Å². The van der Waals surface area contributed by atoms with Gasteiger partial charge in [0.05, 0.1) is 0 Å². The standard InChI is InChI=1S/C14H28N2S2/c1-13-7-3-5-9-15(13)17-11-12-18-16-10-6-4-8-14(16)2/h13-14H,3-12H2,1-2H3. The molecule has 0 saturated carbocycles. The minimum Gasteiger partial charge on any atom is -0.248 e. The molecule has 2 atom stereocenters. The summed E-state index contributed by atoms with van der Waals surface area (Å²) < 4.78 is 5.23. The molecule has 106 valence electrons. The average molecular weight is 289 g/mol. The summed E-state index contributed by atoms with van der Waals surface area (Å²) in [7, 11) is 0. The highest BCUT2D eigenvalue weighted by Crippen LogP contribution is 2.27. The van der Waals surface area contributed by atoms with E-state index >= 15 is 0 Å². The molecular weight excluding hydrogens is 260 g/mol. The first kappa shape index (κ1) is 15.0. The van der Waals surface area contributed by atoms with Crippen molar-refractivity contribution < 1.29 is 0 Å².